The SMILES string of the molecule is C[C@H]1C[N-][C@@H](CCCO)C[N-][C@@H]2CCCC[C@H]2[N-]C[C@H](CCCO)[N-]CC[N-]1.[Cl][Mn][Cl]. The van der Waals surface area contributed by atoms with Gasteiger partial charge in [0.25, 0.3) is 0 Å². The maximum atomic E-state index is 9.20. The molecule has 1 aliphatic carbocycles. The Morgan fingerprint density at radius 3 is 1.74 bits per heavy atom. The first-order valence-corrected chi connectivity index (χ1v) is 14.8. The number of rotatable bonds is 6. The molecular weight excluding hydrogens is 480 g/mol. The first-order chi connectivity index (χ1) is 15.1. The van der Waals surface area contributed by atoms with Crippen LogP contribution in [0, 0.1) is 0 Å². The number of fused-ring (bicyclic) bond motifs is 1. The van der Waals surface area contributed by atoms with Gasteiger partial charge in [-0.15, -0.1) is 0 Å². The number of aliphatic hydroxyl groups is 2. The van der Waals surface area contributed by atoms with Crippen LogP contribution in [0.4, 0.5) is 0 Å². The molecule has 0 amide bonds. The molecule has 2 aliphatic rings. The Bertz CT molecular complexity index is 418. The maximum absolute atomic E-state index is 9.20. The van der Waals surface area contributed by atoms with Crippen molar-refractivity contribution in [1.29, 1.82) is 0 Å². The Kier molecular flexibility index (Phi) is 19.5. The molecule has 10 heteroatoms. The number of hydrogen-bond acceptors (Lipinski definition) is 2. The molecule has 0 aromatic heterocycles. The summed E-state index contributed by atoms with van der Waals surface area (Å²) in [7, 11) is 9.59. The number of hydrogen-bond donors (Lipinski definition) is 2. The third-order valence-corrected chi connectivity index (χ3v) is 5.74. The van der Waals surface area contributed by atoms with Crippen molar-refractivity contribution >= 4 is 20.2 Å². The van der Waals surface area contributed by atoms with Crippen molar-refractivity contribution in [2.24, 2.45) is 0 Å². The Balaban J connectivity index is 0.00000151. The molecule has 0 aromatic carbocycles. The molecule has 2 rings (SSSR count). The van der Waals surface area contributed by atoms with E-state index >= 15 is 0 Å². The van der Waals surface area contributed by atoms with Crippen LogP contribution in [0.2, 0.25) is 0 Å². The van der Waals surface area contributed by atoms with E-state index in [4.69, 9.17) is 41.5 Å². The predicted octanol–water partition coefficient (Wildman–Crippen LogP) is 5.23. The van der Waals surface area contributed by atoms with Gasteiger partial charge in [-0.05, 0) is 12.8 Å². The van der Waals surface area contributed by atoms with Gasteiger partial charge in [0.15, 0.2) is 0 Å². The van der Waals surface area contributed by atoms with Crippen LogP contribution in [-0.2, 0) is 13.1 Å². The molecule has 1 aliphatic heterocycles. The molecule has 187 valence electrons. The molecule has 0 spiro atoms. The standard InChI is InChI=1S/C21H40N5O2.2ClH.Mn/c1-17-14-24-19(7-5-13-28)16-26-21-9-3-2-8-20(21)25-15-18(6-4-12-27)23-11-10-22-17;;;/h17-21,27-28H,2-16H2,1H3;2*1H;/q-5;;;+2/p-2/t17-,18-,19-,20+,21+;;;/m0.../s1. The fourth-order valence-electron chi connectivity index (χ4n) is 4.04. The first-order valence-electron chi connectivity index (χ1n) is 11.6. The Hall–Kier alpha value is 0.819. The van der Waals surface area contributed by atoms with Gasteiger partial charge in [0.2, 0.25) is 0 Å². The summed E-state index contributed by atoms with van der Waals surface area (Å²) in [6, 6.07) is 1.16. The second-order valence-electron chi connectivity index (χ2n) is 8.27. The summed E-state index contributed by atoms with van der Waals surface area (Å²) in [5.74, 6) is 0. The van der Waals surface area contributed by atoms with Gasteiger partial charge in [-0.1, -0.05) is 45.4 Å². The van der Waals surface area contributed by atoms with Crippen molar-refractivity contribution in [2.75, 3.05) is 45.9 Å². The molecule has 0 bridgehead atoms. The van der Waals surface area contributed by atoms with Crippen LogP contribution in [0.3, 0.4) is 0 Å². The van der Waals surface area contributed by atoms with Crippen molar-refractivity contribution in [3.8, 4) is 0 Å². The third-order valence-electron chi connectivity index (χ3n) is 5.74. The fourth-order valence-corrected chi connectivity index (χ4v) is 4.04. The van der Waals surface area contributed by atoms with Crippen LogP contribution in [-0.4, -0.2) is 86.4 Å². The van der Waals surface area contributed by atoms with Crippen LogP contribution in [0.25, 0.3) is 26.6 Å². The van der Waals surface area contributed by atoms with E-state index < -0.39 is 0 Å². The topological polar surface area (TPSA) is 111 Å². The van der Waals surface area contributed by atoms with Crippen molar-refractivity contribution in [3.05, 3.63) is 26.6 Å². The van der Waals surface area contributed by atoms with E-state index in [0.717, 1.165) is 71.2 Å². The van der Waals surface area contributed by atoms with Crippen molar-refractivity contribution < 1.29 is 23.3 Å². The zero-order valence-corrected chi connectivity index (χ0v) is 21.5. The fraction of sp³-hybridized carbons (Fsp3) is 1.00. The van der Waals surface area contributed by atoms with Gasteiger partial charge in [-0.25, -0.2) is 0 Å². The van der Waals surface area contributed by atoms with E-state index in [1.165, 1.54) is 12.8 Å². The molecule has 1 heterocycles. The predicted molar refractivity (Wildman–Crippen MR) is 129 cm³/mol. The normalized spacial score (nSPS) is 31.5. The van der Waals surface area contributed by atoms with E-state index in [9.17, 15) is 10.2 Å². The Morgan fingerprint density at radius 1 is 0.742 bits per heavy atom. The van der Waals surface area contributed by atoms with E-state index in [0.29, 0.717) is 12.1 Å². The quantitative estimate of drug-likeness (QED) is 0.468. The first kappa shape index (κ1) is 29.9. The molecule has 5 atom stereocenters. The summed E-state index contributed by atoms with van der Waals surface area (Å²) in [5, 5.41) is 42.8. The molecule has 7 nitrogen and oxygen atoms in total. The summed E-state index contributed by atoms with van der Waals surface area (Å²) in [6.07, 6.45) is 8.03. The van der Waals surface area contributed by atoms with Gasteiger partial charge < -0.3 is 36.8 Å². The van der Waals surface area contributed by atoms with E-state index in [1.807, 2.05) is 0 Å². The molecule has 1 saturated carbocycles. The Morgan fingerprint density at radius 2 is 1.23 bits per heavy atom. The number of nitrogens with zero attached hydrogens (tertiary/aromatic N) is 5. The van der Waals surface area contributed by atoms with Gasteiger partial charge in [0.05, 0.1) is 0 Å². The second-order valence-corrected chi connectivity index (χ2v) is 10.2. The molecule has 0 radical (unpaired) electrons. The number of halogens is 2. The summed E-state index contributed by atoms with van der Waals surface area (Å²) >= 11 is 0.00694. The minimum absolute atomic E-state index is 0.00694. The van der Waals surface area contributed by atoms with Crippen molar-refractivity contribution in [2.45, 2.75) is 88.5 Å². The Labute approximate surface area is 204 Å². The monoisotopic (exact) mass is 519 g/mol. The van der Waals surface area contributed by atoms with Crippen LogP contribution in [0.5, 0.6) is 0 Å². The van der Waals surface area contributed by atoms with E-state index in [2.05, 4.69) is 12.2 Å². The molecule has 2 fully saturated rings. The van der Waals surface area contributed by atoms with Gasteiger partial charge >= 0.3 is 33.3 Å². The second kappa shape index (κ2) is 20.2. The van der Waals surface area contributed by atoms with E-state index in [1.54, 1.807) is 0 Å². The molecule has 1 saturated heterocycles. The summed E-state index contributed by atoms with van der Waals surface area (Å²) in [6.45, 7) is 6.18. The average molecular weight is 520 g/mol. The van der Waals surface area contributed by atoms with Crippen molar-refractivity contribution in [1.82, 2.24) is 0 Å². The summed E-state index contributed by atoms with van der Waals surface area (Å²) < 4.78 is 0. The molecule has 0 aromatic rings. The van der Waals surface area contributed by atoms with Crippen LogP contribution in [0.15, 0.2) is 0 Å². The average Bonchev–Trinajstić information content (AvgIpc) is 2.78. The molecule has 2 N–H and O–H groups in total. The molecule has 0 unspecified atom stereocenters. The number of aliphatic hydroxyl groups excluding tert-OH is 2. The summed E-state index contributed by atoms with van der Waals surface area (Å²) in [4.78, 5) is 0. The van der Waals surface area contributed by atoms with Gasteiger partial charge in [0, 0.05) is 13.2 Å². The van der Waals surface area contributed by atoms with Gasteiger partial charge in [0.1, 0.15) is 0 Å². The van der Waals surface area contributed by atoms with Gasteiger partial charge in [-0.2, -0.15) is 62.9 Å². The molecule has 31 heavy (non-hydrogen) atoms. The molecular formula is C21H40Cl2MnN5O2-5. The van der Waals surface area contributed by atoms with Gasteiger partial charge in [-0.3, -0.25) is 0 Å². The zero-order valence-electron chi connectivity index (χ0n) is 18.8. The van der Waals surface area contributed by atoms with Crippen LogP contribution in [0.1, 0.15) is 58.3 Å². The van der Waals surface area contributed by atoms with E-state index in [-0.39, 0.29) is 44.5 Å². The van der Waals surface area contributed by atoms with Crippen molar-refractivity contribution in [3.63, 3.8) is 0 Å². The minimum atomic E-state index is 0.00694. The van der Waals surface area contributed by atoms with Crippen LogP contribution >= 0.6 is 20.2 Å². The van der Waals surface area contributed by atoms with Crippen LogP contribution < -0.4 is 0 Å². The third kappa shape index (κ3) is 14.6. The zero-order chi connectivity index (χ0) is 22.7. The summed E-state index contributed by atoms with van der Waals surface area (Å²) in [5.41, 5.74) is 0.